The van der Waals surface area contributed by atoms with Crippen LogP contribution in [0.15, 0.2) is 36.5 Å². The quantitative estimate of drug-likeness (QED) is 0.554. The first kappa shape index (κ1) is 17.0. The average Bonchev–Trinajstić information content (AvgIpc) is 3.07. The van der Waals surface area contributed by atoms with E-state index in [9.17, 15) is 4.79 Å². The van der Waals surface area contributed by atoms with Crippen molar-refractivity contribution in [1.82, 2.24) is 9.78 Å². The van der Waals surface area contributed by atoms with Gasteiger partial charge in [0.2, 0.25) is 5.78 Å². The van der Waals surface area contributed by atoms with E-state index in [2.05, 4.69) is 5.10 Å². The van der Waals surface area contributed by atoms with Gasteiger partial charge in [-0.2, -0.15) is 5.10 Å². The summed E-state index contributed by atoms with van der Waals surface area (Å²) in [6.45, 7) is 5.80. The number of allylic oxidation sites excluding steroid dienone is 1. The van der Waals surface area contributed by atoms with Crippen LogP contribution in [-0.4, -0.2) is 29.3 Å². The molecule has 0 bridgehead atoms. The third kappa shape index (κ3) is 4.53. The van der Waals surface area contributed by atoms with Crippen LogP contribution in [0, 0.1) is 0 Å². The highest BCUT2D eigenvalue weighted by atomic mass is 16.5. The van der Waals surface area contributed by atoms with Crippen molar-refractivity contribution in [2.75, 3.05) is 13.7 Å². The second-order valence-electron chi connectivity index (χ2n) is 4.96. The van der Waals surface area contributed by atoms with Gasteiger partial charge in [0.05, 0.1) is 13.7 Å². The Balaban J connectivity index is 2.13. The number of aromatic nitrogens is 2. The Hall–Kier alpha value is -2.40. The van der Waals surface area contributed by atoms with Gasteiger partial charge in [-0.25, -0.2) is 0 Å². The lowest BCUT2D eigenvalue weighted by Crippen LogP contribution is -2.00. The first-order chi connectivity index (χ1) is 11.2. The molecule has 122 valence electrons. The minimum atomic E-state index is -0.112. The van der Waals surface area contributed by atoms with Gasteiger partial charge in [0.25, 0.3) is 0 Å². The highest BCUT2D eigenvalue weighted by Crippen LogP contribution is 2.21. The van der Waals surface area contributed by atoms with E-state index < -0.39 is 0 Å². The molecule has 0 aliphatic heterocycles. The summed E-state index contributed by atoms with van der Waals surface area (Å²) in [5, 5.41) is 4.20. The molecule has 0 unspecified atom stereocenters. The summed E-state index contributed by atoms with van der Waals surface area (Å²) in [6, 6.07) is 7.47. The Labute approximate surface area is 136 Å². The topological polar surface area (TPSA) is 53.4 Å². The van der Waals surface area contributed by atoms with Gasteiger partial charge in [0.15, 0.2) is 0 Å². The number of carbonyl (C=O) groups is 1. The van der Waals surface area contributed by atoms with E-state index in [1.165, 1.54) is 6.08 Å². The number of hydrogen-bond acceptors (Lipinski definition) is 4. The normalized spacial score (nSPS) is 11.1. The number of hydrogen-bond donors (Lipinski definition) is 0. The van der Waals surface area contributed by atoms with Crippen LogP contribution in [0.4, 0.5) is 0 Å². The second kappa shape index (κ2) is 8.29. The van der Waals surface area contributed by atoms with Crippen molar-refractivity contribution in [2.24, 2.45) is 0 Å². The number of ether oxygens (including phenoxy) is 2. The fourth-order valence-corrected chi connectivity index (χ4v) is 2.15. The molecule has 2 aromatic rings. The molecule has 0 fully saturated rings. The molecule has 0 atom stereocenters. The van der Waals surface area contributed by atoms with Crippen LogP contribution >= 0.6 is 0 Å². The van der Waals surface area contributed by atoms with Gasteiger partial charge in [-0.05, 0) is 43.7 Å². The van der Waals surface area contributed by atoms with Crippen LogP contribution in [0.5, 0.6) is 5.75 Å². The molecular formula is C18H22N2O3. The molecule has 2 rings (SSSR count). The van der Waals surface area contributed by atoms with Crippen LogP contribution in [0.1, 0.15) is 35.5 Å². The van der Waals surface area contributed by atoms with Crippen LogP contribution in [-0.2, 0) is 17.9 Å². The van der Waals surface area contributed by atoms with Crippen molar-refractivity contribution in [1.29, 1.82) is 0 Å². The summed E-state index contributed by atoms with van der Waals surface area (Å²) in [5.41, 5.74) is 2.33. The van der Waals surface area contributed by atoms with Crippen molar-refractivity contribution >= 4 is 11.9 Å². The Morgan fingerprint density at radius 1 is 1.30 bits per heavy atom. The zero-order valence-electron chi connectivity index (χ0n) is 13.8. The maximum Gasteiger partial charge on any atom is 0.206 e. The molecular weight excluding hydrogens is 292 g/mol. The third-order valence-corrected chi connectivity index (χ3v) is 3.41. The van der Waals surface area contributed by atoms with Crippen molar-refractivity contribution in [3.8, 4) is 5.75 Å². The SMILES string of the molecule is CCOCc1cc(/C=C/C(=O)c2ccn(CC)n2)ccc1OC. The lowest BCUT2D eigenvalue weighted by molar-refractivity contribution is 0.104. The number of rotatable bonds is 8. The van der Waals surface area contributed by atoms with Gasteiger partial charge in [0.1, 0.15) is 11.4 Å². The molecule has 5 nitrogen and oxygen atoms in total. The molecule has 0 aliphatic rings. The fourth-order valence-electron chi connectivity index (χ4n) is 2.15. The predicted octanol–water partition coefficient (Wildman–Crippen LogP) is 3.34. The number of methoxy groups -OCH3 is 1. The number of aryl methyl sites for hydroxylation is 1. The molecule has 23 heavy (non-hydrogen) atoms. The van der Waals surface area contributed by atoms with Crippen LogP contribution < -0.4 is 4.74 Å². The maximum atomic E-state index is 12.1. The van der Waals surface area contributed by atoms with Crippen molar-refractivity contribution in [3.05, 3.63) is 53.4 Å². The van der Waals surface area contributed by atoms with E-state index in [0.29, 0.717) is 18.9 Å². The summed E-state index contributed by atoms with van der Waals surface area (Å²) in [4.78, 5) is 12.1. The van der Waals surface area contributed by atoms with E-state index in [-0.39, 0.29) is 5.78 Å². The van der Waals surface area contributed by atoms with Crippen molar-refractivity contribution in [2.45, 2.75) is 27.0 Å². The standard InChI is InChI=1S/C18H22N2O3/c1-4-20-11-10-16(19-20)17(21)8-6-14-7-9-18(22-3)15(12-14)13-23-5-2/h6-12H,4-5,13H2,1-3H3/b8-6+. The van der Waals surface area contributed by atoms with Crippen LogP contribution in [0.2, 0.25) is 0 Å². The third-order valence-electron chi connectivity index (χ3n) is 3.41. The highest BCUT2D eigenvalue weighted by Gasteiger charge is 2.07. The lowest BCUT2D eigenvalue weighted by atomic mass is 10.1. The molecule has 1 heterocycles. The molecule has 0 aliphatic carbocycles. The first-order valence-electron chi connectivity index (χ1n) is 7.68. The summed E-state index contributed by atoms with van der Waals surface area (Å²) < 4.78 is 12.5. The Morgan fingerprint density at radius 3 is 2.78 bits per heavy atom. The molecule has 0 spiro atoms. The monoisotopic (exact) mass is 314 g/mol. The largest absolute Gasteiger partial charge is 0.496 e. The van der Waals surface area contributed by atoms with E-state index in [1.54, 1.807) is 30.1 Å². The van der Waals surface area contributed by atoms with Gasteiger partial charge in [-0.1, -0.05) is 12.1 Å². The molecule has 1 aromatic heterocycles. The van der Waals surface area contributed by atoms with E-state index in [1.807, 2.05) is 32.0 Å². The maximum absolute atomic E-state index is 12.1. The Bertz CT molecular complexity index is 689. The van der Waals surface area contributed by atoms with E-state index >= 15 is 0 Å². The van der Waals surface area contributed by atoms with Crippen molar-refractivity contribution < 1.29 is 14.3 Å². The minimum absolute atomic E-state index is 0.112. The van der Waals surface area contributed by atoms with Gasteiger partial charge < -0.3 is 9.47 Å². The van der Waals surface area contributed by atoms with Gasteiger partial charge in [-0.15, -0.1) is 0 Å². The number of benzene rings is 1. The lowest BCUT2D eigenvalue weighted by Gasteiger charge is -2.09. The first-order valence-corrected chi connectivity index (χ1v) is 7.68. The van der Waals surface area contributed by atoms with E-state index in [0.717, 1.165) is 23.4 Å². The van der Waals surface area contributed by atoms with Gasteiger partial charge >= 0.3 is 0 Å². The molecule has 0 amide bonds. The minimum Gasteiger partial charge on any atom is -0.496 e. The average molecular weight is 314 g/mol. The number of ketones is 1. The van der Waals surface area contributed by atoms with Crippen molar-refractivity contribution in [3.63, 3.8) is 0 Å². The second-order valence-corrected chi connectivity index (χ2v) is 4.96. The molecule has 0 saturated heterocycles. The van der Waals surface area contributed by atoms with Gasteiger partial charge in [0, 0.05) is 24.9 Å². The molecule has 0 saturated carbocycles. The zero-order chi connectivity index (χ0) is 16.7. The highest BCUT2D eigenvalue weighted by molar-refractivity contribution is 6.05. The van der Waals surface area contributed by atoms with Gasteiger partial charge in [-0.3, -0.25) is 9.48 Å². The molecule has 1 aromatic carbocycles. The molecule has 0 radical (unpaired) electrons. The van der Waals surface area contributed by atoms with E-state index in [4.69, 9.17) is 9.47 Å². The summed E-state index contributed by atoms with van der Waals surface area (Å²) in [6.07, 6.45) is 5.12. The number of carbonyl (C=O) groups excluding carboxylic acids is 1. The zero-order valence-corrected chi connectivity index (χ0v) is 13.8. The molecule has 0 N–H and O–H groups in total. The van der Waals surface area contributed by atoms with Crippen LogP contribution in [0.25, 0.3) is 6.08 Å². The summed E-state index contributed by atoms with van der Waals surface area (Å²) in [5.74, 6) is 0.669. The summed E-state index contributed by atoms with van der Waals surface area (Å²) >= 11 is 0. The number of nitrogens with zero attached hydrogens (tertiary/aromatic N) is 2. The molecule has 5 heteroatoms. The smallest absolute Gasteiger partial charge is 0.206 e. The predicted molar refractivity (Wildman–Crippen MR) is 89.6 cm³/mol. The fraction of sp³-hybridized carbons (Fsp3) is 0.333. The Kier molecular flexibility index (Phi) is 6.11. The van der Waals surface area contributed by atoms with Crippen LogP contribution in [0.3, 0.4) is 0 Å². The summed E-state index contributed by atoms with van der Waals surface area (Å²) in [7, 11) is 1.63. The Morgan fingerprint density at radius 2 is 2.13 bits per heavy atom.